The minimum Gasteiger partial charge on any atom is -0.497 e. The molecular formula is C28H20N2O6. The second-order valence-corrected chi connectivity index (χ2v) is 7.72. The molecule has 0 spiro atoms. The number of nitrogens with zero attached hydrogens (tertiary/aromatic N) is 2. The quantitative estimate of drug-likeness (QED) is 0.371. The van der Waals surface area contributed by atoms with Crippen molar-refractivity contribution >= 4 is 23.2 Å². The van der Waals surface area contributed by atoms with Crippen molar-refractivity contribution in [2.24, 2.45) is 4.99 Å². The standard InChI is InChI=1S/C28H20N2O6/c1-32-19-10-7-17(8-11-19)27-30-26(28(31)36-27)21-16-24(35-22-6-4-3-5-20(21)22)18-9-12-23(34-14-13-29)25(15-18)33-2/h3-12,15-16H,14H2,1-2H3/b26-21-. The molecule has 0 N–H and O–H groups in total. The molecular weight excluding hydrogens is 460 g/mol. The minimum atomic E-state index is -0.555. The van der Waals surface area contributed by atoms with Gasteiger partial charge in [0, 0.05) is 22.3 Å². The normalized spacial score (nSPS) is 16.1. The summed E-state index contributed by atoms with van der Waals surface area (Å²) < 4.78 is 27.7. The van der Waals surface area contributed by atoms with E-state index in [-0.39, 0.29) is 18.2 Å². The van der Waals surface area contributed by atoms with E-state index in [1.54, 1.807) is 55.7 Å². The number of hydrogen-bond acceptors (Lipinski definition) is 8. The predicted molar refractivity (Wildman–Crippen MR) is 132 cm³/mol. The summed E-state index contributed by atoms with van der Waals surface area (Å²) >= 11 is 0. The van der Waals surface area contributed by atoms with Crippen LogP contribution in [0.25, 0.3) is 11.3 Å². The summed E-state index contributed by atoms with van der Waals surface area (Å²) in [6.07, 6.45) is 1.75. The number of methoxy groups -OCH3 is 2. The topological polar surface area (TPSA) is 99.4 Å². The van der Waals surface area contributed by atoms with Gasteiger partial charge in [0.15, 0.2) is 23.8 Å². The van der Waals surface area contributed by atoms with Crippen LogP contribution in [0, 0.1) is 11.3 Å². The highest BCUT2D eigenvalue weighted by atomic mass is 16.6. The van der Waals surface area contributed by atoms with E-state index in [1.807, 2.05) is 30.3 Å². The molecule has 8 heteroatoms. The molecule has 0 amide bonds. The molecule has 2 aliphatic heterocycles. The summed E-state index contributed by atoms with van der Waals surface area (Å²) in [6.45, 7) is -0.102. The average molecular weight is 480 g/mol. The van der Waals surface area contributed by atoms with Crippen molar-refractivity contribution in [2.45, 2.75) is 0 Å². The second-order valence-electron chi connectivity index (χ2n) is 7.72. The maximum atomic E-state index is 12.9. The van der Waals surface area contributed by atoms with Gasteiger partial charge in [0.05, 0.1) is 14.2 Å². The van der Waals surface area contributed by atoms with Crippen LogP contribution in [0.2, 0.25) is 0 Å². The van der Waals surface area contributed by atoms with Crippen LogP contribution in [0.4, 0.5) is 0 Å². The van der Waals surface area contributed by atoms with E-state index in [0.717, 1.165) is 0 Å². The number of allylic oxidation sites excluding steroid dienone is 2. The fourth-order valence-electron chi connectivity index (χ4n) is 3.86. The van der Waals surface area contributed by atoms with E-state index in [2.05, 4.69) is 4.99 Å². The van der Waals surface area contributed by atoms with Gasteiger partial charge in [0.25, 0.3) is 0 Å². The number of cyclic esters (lactones) is 1. The van der Waals surface area contributed by atoms with Crippen LogP contribution in [0.5, 0.6) is 23.0 Å². The predicted octanol–water partition coefficient (Wildman–Crippen LogP) is 4.75. The largest absolute Gasteiger partial charge is 0.497 e. The zero-order valence-electron chi connectivity index (χ0n) is 19.5. The van der Waals surface area contributed by atoms with E-state index in [9.17, 15) is 4.79 Å². The van der Waals surface area contributed by atoms with Crippen LogP contribution in [-0.4, -0.2) is 32.7 Å². The lowest BCUT2D eigenvalue weighted by Gasteiger charge is -2.21. The highest BCUT2D eigenvalue weighted by Crippen LogP contribution is 2.41. The number of aliphatic imine (C=N–C) groups is 1. The Kier molecular flexibility index (Phi) is 6.12. The Hall–Kier alpha value is -5.03. The number of esters is 1. The fraction of sp³-hybridized carbons (Fsp3) is 0.107. The van der Waals surface area contributed by atoms with Gasteiger partial charge in [0.1, 0.15) is 23.3 Å². The zero-order chi connectivity index (χ0) is 25.1. The van der Waals surface area contributed by atoms with Crippen LogP contribution in [0.3, 0.4) is 0 Å². The third-order valence-electron chi connectivity index (χ3n) is 5.60. The number of nitriles is 1. The van der Waals surface area contributed by atoms with Gasteiger partial charge in [0.2, 0.25) is 5.90 Å². The van der Waals surface area contributed by atoms with Gasteiger partial charge in [-0.1, -0.05) is 18.2 Å². The van der Waals surface area contributed by atoms with Crippen LogP contribution < -0.4 is 18.9 Å². The van der Waals surface area contributed by atoms with Crippen LogP contribution in [0.15, 0.2) is 83.5 Å². The number of ether oxygens (including phenoxy) is 5. The monoisotopic (exact) mass is 480 g/mol. The summed E-state index contributed by atoms with van der Waals surface area (Å²) in [5.41, 5.74) is 2.81. The first-order valence-corrected chi connectivity index (χ1v) is 11.0. The third-order valence-corrected chi connectivity index (χ3v) is 5.60. The molecule has 0 bridgehead atoms. The Balaban J connectivity index is 1.60. The molecule has 5 rings (SSSR count). The zero-order valence-corrected chi connectivity index (χ0v) is 19.5. The number of carbonyl (C=O) groups is 1. The molecule has 0 aliphatic carbocycles. The van der Waals surface area contributed by atoms with Crippen molar-refractivity contribution < 1.29 is 28.5 Å². The fourth-order valence-corrected chi connectivity index (χ4v) is 3.86. The molecule has 178 valence electrons. The van der Waals surface area contributed by atoms with Crippen molar-refractivity contribution in [3.05, 3.63) is 95.2 Å². The molecule has 0 saturated heterocycles. The Morgan fingerprint density at radius 3 is 2.44 bits per heavy atom. The smallest absolute Gasteiger partial charge is 0.364 e. The van der Waals surface area contributed by atoms with E-state index < -0.39 is 5.97 Å². The van der Waals surface area contributed by atoms with Gasteiger partial charge >= 0.3 is 5.97 Å². The Morgan fingerprint density at radius 1 is 0.917 bits per heavy atom. The van der Waals surface area contributed by atoms with Gasteiger partial charge in [-0.2, -0.15) is 5.26 Å². The Labute approximate surface area is 207 Å². The molecule has 0 aromatic heterocycles. The number of hydrogen-bond donors (Lipinski definition) is 0. The molecule has 3 aromatic rings. The van der Waals surface area contributed by atoms with Crippen molar-refractivity contribution in [1.82, 2.24) is 0 Å². The summed E-state index contributed by atoms with van der Waals surface area (Å²) in [6, 6.07) is 21.7. The number of fused-ring (bicyclic) bond motifs is 1. The molecule has 0 fully saturated rings. The molecule has 2 heterocycles. The lowest BCUT2D eigenvalue weighted by Crippen LogP contribution is -2.08. The highest BCUT2D eigenvalue weighted by Gasteiger charge is 2.31. The van der Waals surface area contributed by atoms with Gasteiger partial charge in [-0.15, -0.1) is 0 Å². The first-order chi connectivity index (χ1) is 17.6. The highest BCUT2D eigenvalue weighted by molar-refractivity contribution is 6.15. The van der Waals surface area contributed by atoms with Gasteiger partial charge in [-0.05, 0) is 54.6 Å². The summed E-state index contributed by atoms with van der Waals surface area (Å²) in [7, 11) is 3.10. The minimum absolute atomic E-state index is 0.102. The first kappa shape index (κ1) is 22.7. The maximum Gasteiger partial charge on any atom is 0.364 e. The number of benzene rings is 3. The number of rotatable bonds is 6. The van der Waals surface area contributed by atoms with Gasteiger partial charge in [-0.25, -0.2) is 9.79 Å². The van der Waals surface area contributed by atoms with Crippen LogP contribution in [-0.2, 0) is 9.53 Å². The Morgan fingerprint density at radius 2 is 1.69 bits per heavy atom. The SMILES string of the molecule is COc1ccc(C2=N/C(=C3/C=C(c4ccc(OCC#N)c(OC)c4)Oc4ccccc43)C(=O)O2)cc1. The average Bonchev–Trinajstić information content (AvgIpc) is 3.32. The van der Waals surface area contributed by atoms with Gasteiger partial charge < -0.3 is 23.7 Å². The van der Waals surface area contributed by atoms with Crippen molar-refractivity contribution in [2.75, 3.05) is 20.8 Å². The molecule has 0 saturated carbocycles. The molecule has 8 nitrogen and oxygen atoms in total. The van der Waals surface area contributed by atoms with E-state index in [1.165, 1.54) is 7.11 Å². The van der Waals surface area contributed by atoms with Crippen molar-refractivity contribution in [3.63, 3.8) is 0 Å². The molecule has 0 unspecified atom stereocenters. The van der Waals surface area contributed by atoms with Gasteiger partial charge in [-0.3, -0.25) is 0 Å². The second kappa shape index (κ2) is 9.68. The van der Waals surface area contributed by atoms with Crippen LogP contribution in [0.1, 0.15) is 16.7 Å². The molecule has 0 radical (unpaired) electrons. The lowest BCUT2D eigenvalue weighted by atomic mass is 9.97. The summed E-state index contributed by atoms with van der Waals surface area (Å²) in [4.78, 5) is 17.5. The van der Waals surface area contributed by atoms with E-state index >= 15 is 0 Å². The van der Waals surface area contributed by atoms with Crippen molar-refractivity contribution in [3.8, 4) is 29.1 Å². The van der Waals surface area contributed by atoms with Crippen molar-refractivity contribution in [1.29, 1.82) is 5.26 Å². The van der Waals surface area contributed by atoms with Crippen LogP contribution >= 0.6 is 0 Å². The molecule has 3 aromatic carbocycles. The molecule has 0 atom stereocenters. The first-order valence-electron chi connectivity index (χ1n) is 11.0. The molecule has 2 aliphatic rings. The maximum absolute atomic E-state index is 12.9. The Bertz CT molecular complexity index is 1480. The number of carbonyl (C=O) groups excluding carboxylic acids is 1. The molecule has 36 heavy (non-hydrogen) atoms. The van der Waals surface area contributed by atoms with E-state index in [4.69, 9.17) is 28.9 Å². The van der Waals surface area contributed by atoms with E-state index in [0.29, 0.717) is 51.0 Å². The summed E-state index contributed by atoms with van der Waals surface area (Å²) in [5, 5.41) is 8.81. The lowest BCUT2D eigenvalue weighted by molar-refractivity contribution is -0.129. The number of para-hydroxylation sites is 1. The summed E-state index contributed by atoms with van der Waals surface area (Å²) in [5.74, 6) is 2.29. The third kappa shape index (κ3) is 4.26.